The maximum absolute atomic E-state index is 13.3. The number of aliphatic imine (C=N–C) groups is 1. The van der Waals surface area contributed by atoms with Gasteiger partial charge in [-0.1, -0.05) is 35.5 Å². The first-order valence-corrected chi connectivity index (χ1v) is 11.2. The van der Waals surface area contributed by atoms with E-state index in [4.69, 9.17) is 26.3 Å². The number of ether oxygens (including phenoxy) is 2. The molecule has 8 nitrogen and oxygen atoms in total. The number of methoxy groups -OCH3 is 2. The Kier molecular flexibility index (Phi) is 8.35. The molecule has 0 atom stereocenters. The molecule has 170 valence electrons. The van der Waals surface area contributed by atoms with Crippen LogP contribution in [0.5, 0.6) is 11.5 Å². The molecule has 1 N–H and O–H groups in total. The second-order valence-corrected chi connectivity index (χ2v) is 8.05. The molecule has 1 heterocycles. The first kappa shape index (κ1) is 24.2. The van der Waals surface area contributed by atoms with E-state index >= 15 is 0 Å². The van der Waals surface area contributed by atoms with Crippen molar-refractivity contribution in [2.45, 2.75) is 6.42 Å². The molecule has 0 aliphatic carbocycles. The number of amides is 2. The van der Waals surface area contributed by atoms with E-state index < -0.39 is 0 Å². The minimum Gasteiger partial charge on any atom is -0.497 e. The molecule has 1 aliphatic heterocycles. The molecule has 3 rings (SSSR count). The van der Waals surface area contributed by atoms with Gasteiger partial charge in [-0.05, 0) is 35.9 Å². The third kappa shape index (κ3) is 6.06. The van der Waals surface area contributed by atoms with E-state index in [0.717, 1.165) is 17.3 Å². The Bertz CT molecular complexity index is 1140. The van der Waals surface area contributed by atoms with Crippen LogP contribution in [-0.4, -0.2) is 43.5 Å². The molecular weight excluding hydrogens is 464 g/mol. The number of amidine groups is 1. The monoisotopic (exact) mass is 484 g/mol. The zero-order valence-electron chi connectivity index (χ0n) is 18.0. The number of anilines is 1. The Hall–Kier alpha value is -3.48. The number of benzene rings is 2. The summed E-state index contributed by atoms with van der Waals surface area (Å²) < 4.78 is 10.4. The van der Waals surface area contributed by atoms with Crippen molar-refractivity contribution in [1.29, 1.82) is 5.26 Å². The van der Waals surface area contributed by atoms with Gasteiger partial charge >= 0.3 is 0 Å². The Morgan fingerprint density at radius 3 is 2.67 bits per heavy atom. The summed E-state index contributed by atoms with van der Waals surface area (Å²) in [4.78, 5) is 31.3. The van der Waals surface area contributed by atoms with Crippen LogP contribution in [0, 0.1) is 11.3 Å². The molecule has 0 radical (unpaired) electrons. The van der Waals surface area contributed by atoms with Gasteiger partial charge in [0.2, 0.25) is 5.91 Å². The number of nitrogens with one attached hydrogen (secondary N) is 1. The van der Waals surface area contributed by atoms with E-state index in [9.17, 15) is 9.59 Å². The second-order valence-electron chi connectivity index (χ2n) is 6.70. The number of rotatable bonds is 8. The lowest BCUT2D eigenvalue weighted by molar-refractivity contribution is -0.118. The molecule has 0 fully saturated rings. The fourth-order valence-electron chi connectivity index (χ4n) is 2.91. The number of hydrogen-bond acceptors (Lipinski definition) is 7. The highest BCUT2D eigenvalue weighted by molar-refractivity contribution is 8.14. The molecule has 0 saturated carbocycles. The Morgan fingerprint density at radius 2 is 2.00 bits per heavy atom. The normalized spacial score (nSPS) is 14.1. The van der Waals surface area contributed by atoms with Crippen molar-refractivity contribution >= 4 is 52.1 Å². The number of halogens is 1. The van der Waals surface area contributed by atoms with Gasteiger partial charge in [0.1, 0.15) is 17.2 Å². The minimum atomic E-state index is -0.345. The number of thioether (sulfide) groups is 1. The van der Waals surface area contributed by atoms with E-state index in [0.29, 0.717) is 27.4 Å². The van der Waals surface area contributed by atoms with Crippen LogP contribution in [0.1, 0.15) is 12.0 Å². The second kappa shape index (κ2) is 11.4. The maximum atomic E-state index is 13.3. The van der Waals surface area contributed by atoms with E-state index in [1.807, 2.05) is 18.2 Å². The van der Waals surface area contributed by atoms with Crippen molar-refractivity contribution in [3.05, 3.63) is 58.7 Å². The summed E-state index contributed by atoms with van der Waals surface area (Å²) in [6.07, 6.45) is 1.89. The quantitative estimate of drug-likeness (QED) is 0.450. The lowest BCUT2D eigenvalue weighted by Crippen LogP contribution is -2.32. The molecule has 0 saturated heterocycles. The smallest absolute Gasteiger partial charge is 0.283 e. The predicted octanol–water partition coefficient (Wildman–Crippen LogP) is 3.86. The number of hydrogen-bond donors (Lipinski definition) is 1. The largest absolute Gasteiger partial charge is 0.497 e. The highest BCUT2D eigenvalue weighted by Crippen LogP contribution is 2.34. The van der Waals surface area contributed by atoms with Gasteiger partial charge in [0.05, 0.1) is 43.2 Å². The highest BCUT2D eigenvalue weighted by Gasteiger charge is 2.32. The fraction of sp³-hybridized carbons (Fsp3) is 0.217. The molecule has 0 spiro atoms. The van der Waals surface area contributed by atoms with E-state index in [2.05, 4.69) is 10.3 Å². The van der Waals surface area contributed by atoms with Gasteiger partial charge in [-0.2, -0.15) is 5.26 Å². The third-order valence-corrected chi connectivity index (χ3v) is 5.78. The standard InChI is InChI=1S/C23H21ClN4O4S/c1-31-17-7-4-15(5-8-17)12-19-22(30)28(16-6-9-18(24)20(13-16)32-2)23(27-19)33-14-21(29)26-11-3-10-25/h4-9,12-13H,3,11,14H2,1-2H3,(H,26,29)/b19-12-. The molecule has 1 aliphatic rings. The van der Waals surface area contributed by atoms with Crippen LogP contribution in [0.25, 0.3) is 6.08 Å². The fourth-order valence-corrected chi connectivity index (χ4v) is 3.94. The molecule has 0 bridgehead atoms. The van der Waals surface area contributed by atoms with Gasteiger partial charge in [-0.15, -0.1) is 0 Å². The summed E-state index contributed by atoms with van der Waals surface area (Å²) in [6, 6.07) is 14.1. The number of nitrogens with zero attached hydrogens (tertiary/aromatic N) is 3. The molecule has 33 heavy (non-hydrogen) atoms. The summed E-state index contributed by atoms with van der Waals surface area (Å²) >= 11 is 7.26. The van der Waals surface area contributed by atoms with Crippen LogP contribution >= 0.6 is 23.4 Å². The number of carbonyl (C=O) groups excluding carboxylic acids is 2. The molecule has 2 aromatic carbocycles. The zero-order valence-corrected chi connectivity index (χ0v) is 19.6. The molecular formula is C23H21ClN4O4S. The van der Waals surface area contributed by atoms with Crippen LogP contribution in [0.4, 0.5) is 5.69 Å². The molecule has 0 aromatic heterocycles. The van der Waals surface area contributed by atoms with Gasteiger partial charge < -0.3 is 14.8 Å². The summed E-state index contributed by atoms with van der Waals surface area (Å²) in [6.45, 7) is 0.266. The van der Waals surface area contributed by atoms with Crippen LogP contribution < -0.4 is 19.7 Å². The summed E-state index contributed by atoms with van der Waals surface area (Å²) in [5, 5.41) is 12.0. The van der Waals surface area contributed by atoms with Gasteiger partial charge in [0.15, 0.2) is 5.17 Å². The van der Waals surface area contributed by atoms with Crippen molar-refractivity contribution in [2.24, 2.45) is 4.99 Å². The minimum absolute atomic E-state index is 0.0363. The molecule has 2 aromatic rings. The van der Waals surface area contributed by atoms with E-state index in [1.54, 1.807) is 43.5 Å². The average Bonchev–Trinajstić information content (AvgIpc) is 3.13. The van der Waals surface area contributed by atoms with Crippen molar-refractivity contribution < 1.29 is 19.1 Å². The van der Waals surface area contributed by atoms with Crippen LogP contribution in [0.2, 0.25) is 5.02 Å². The third-order valence-electron chi connectivity index (χ3n) is 4.53. The van der Waals surface area contributed by atoms with Crippen LogP contribution in [0.15, 0.2) is 53.2 Å². The van der Waals surface area contributed by atoms with Gasteiger partial charge in [0.25, 0.3) is 5.91 Å². The first-order valence-electron chi connectivity index (χ1n) is 9.85. The molecule has 10 heteroatoms. The molecule has 2 amide bonds. The van der Waals surface area contributed by atoms with Gasteiger partial charge in [-0.25, -0.2) is 4.99 Å². The van der Waals surface area contributed by atoms with E-state index in [-0.39, 0.29) is 36.2 Å². The topological polar surface area (TPSA) is 104 Å². The van der Waals surface area contributed by atoms with Gasteiger partial charge in [-0.3, -0.25) is 14.5 Å². The van der Waals surface area contributed by atoms with Crippen molar-refractivity contribution in [3.8, 4) is 17.6 Å². The Morgan fingerprint density at radius 1 is 1.24 bits per heavy atom. The summed E-state index contributed by atoms with van der Waals surface area (Å²) in [5.74, 6) is 0.545. The first-order chi connectivity index (χ1) is 16.0. The Balaban J connectivity index is 1.89. The zero-order chi connectivity index (χ0) is 23.8. The lowest BCUT2D eigenvalue weighted by Gasteiger charge is -2.18. The number of carbonyl (C=O) groups is 2. The maximum Gasteiger partial charge on any atom is 0.283 e. The van der Waals surface area contributed by atoms with Gasteiger partial charge in [0, 0.05) is 12.6 Å². The highest BCUT2D eigenvalue weighted by atomic mass is 35.5. The van der Waals surface area contributed by atoms with Crippen molar-refractivity contribution in [3.63, 3.8) is 0 Å². The van der Waals surface area contributed by atoms with Crippen molar-refractivity contribution in [2.75, 3.05) is 31.4 Å². The van der Waals surface area contributed by atoms with Crippen LogP contribution in [0.3, 0.4) is 0 Å². The molecule has 0 unspecified atom stereocenters. The predicted molar refractivity (Wildman–Crippen MR) is 130 cm³/mol. The average molecular weight is 485 g/mol. The van der Waals surface area contributed by atoms with E-state index in [1.165, 1.54) is 12.0 Å². The lowest BCUT2D eigenvalue weighted by atomic mass is 10.2. The summed E-state index contributed by atoms with van der Waals surface area (Å²) in [5.41, 5.74) is 1.51. The Labute approximate surface area is 200 Å². The summed E-state index contributed by atoms with van der Waals surface area (Å²) in [7, 11) is 3.07. The van der Waals surface area contributed by atoms with Crippen molar-refractivity contribution in [1.82, 2.24) is 5.32 Å². The number of nitriles is 1. The SMILES string of the molecule is COc1ccc(/C=C2\N=C(SCC(=O)NCCC#N)N(c3ccc(Cl)c(OC)c3)C2=O)cc1. The van der Waals surface area contributed by atoms with Crippen LogP contribution in [-0.2, 0) is 9.59 Å².